The topological polar surface area (TPSA) is 17.8 Å². The van der Waals surface area contributed by atoms with Crippen LogP contribution in [0, 0.1) is 5.92 Å². The number of hydrogen-bond donors (Lipinski definition) is 0. The van der Waals surface area contributed by atoms with Crippen molar-refractivity contribution in [1.29, 1.82) is 0 Å². The van der Waals surface area contributed by atoms with E-state index in [2.05, 4.69) is 17.7 Å². The van der Waals surface area contributed by atoms with Gasteiger partial charge in [0.05, 0.1) is 14.9 Å². The molecule has 0 radical (unpaired) electrons. The molecular formula is C12H13ClN2S. The Balaban J connectivity index is 1.98. The highest BCUT2D eigenvalue weighted by Gasteiger charge is 2.18. The monoisotopic (exact) mass is 252 g/mol. The van der Waals surface area contributed by atoms with Gasteiger partial charge in [-0.05, 0) is 24.5 Å². The zero-order valence-corrected chi connectivity index (χ0v) is 10.7. The average molecular weight is 253 g/mol. The van der Waals surface area contributed by atoms with Gasteiger partial charge in [-0.25, -0.2) is 4.98 Å². The number of nitrogens with zero attached hydrogens (tertiary/aromatic N) is 2. The first-order valence-electron chi connectivity index (χ1n) is 5.54. The molecule has 1 unspecified atom stereocenters. The highest BCUT2D eigenvalue weighted by Crippen LogP contribution is 2.31. The largest absolute Gasteiger partial charge is 0.334 e. The van der Waals surface area contributed by atoms with E-state index in [0.717, 1.165) is 28.9 Å². The van der Waals surface area contributed by atoms with Gasteiger partial charge < -0.3 is 4.57 Å². The molecule has 4 heteroatoms. The zero-order valence-electron chi connectivity index (χ0n) is 9.11. The standard InChI is InChI=1S/C12H13ClN2S/c1-8-4-5-15-7-9(14-12(15)6-8)10-2-3-11(13)16-10/h2-3,7-8H,4-6H2,1H3. The van der Waals surface area contributed by atoms with Crippen molar-refractivity contribution in [3.63, 3.8) is 0 Å². The van der Waals surface area contributed by atoms with Crippen molar-refractivity contribution >= 4 is 22.9 Å². The minimum absolute atomic E-state index is 0.759. The van der Waals surface area contributed by atoms with Crippen LogP contribution in [0.3, 0.4) is 0 Å². The fourth-order valence-corrected chi connectivity index (χ4v) is 3.15. The van der Waals surface area contributed by atoms with Gasteiger partial charge in [0, 0.05) is 19.2 Å². The van der Waals surface area contributed by atoms with Gasteiger partial charge in [-0.3, -0.25) is 0 Å². The fourth-order valence-electron chi connectivity index (χ4n) is 2.15. The molecule has 1 aliphatic heterocycles. The minimum Gasteiger partial charge on any atom is -0.334 e. The smallest absolute Gasteiger partial charge is 0.109 e. The molecular weight excluding hydrogens is 240 g/mol. The number of fused-ring (bicyclic) bond motifs is 1. The first-order chi connectivity index (χ1) is 7.72. The van der Waals surface area contributed by atoms with Gasteiger partial charge in [-0.15, -0.1) is 11.3 Å². The van der Waals surface area contributed by atoms with Crippen molar-refractivity contribution in [2.24, 2.45) is 5.92 Å². The van der Waals surface area contributed by atoms with Crippen LogP contribution in [-0.4, -0.2) is 9.55 Å². The third-order valence-corrected chi connectivity index (χ3v) is 4.33. The lowest BCUT2D eigenvalue weighted by Crippen LogP contribution is -2.16. The Bertz CT molecular complexity index is 515. The molecule has 0 bridgehead atoms. The molecule has 2 aromatic rings. The third-order valence-electron chi connectivity index (χ3n) is 3.08. The first-order valence-corrected chi connectivity index (χ1v) is 6.73. The van der Waals surface area contributed by atoms with E-state index in [1.165, 1.54) is 17.1 Å². The van der Waals surface area contributed by atoms with E-state index in [9.17, 15) is 0 Å². The zero-order chi connectivity index (χ0) is 11.1. The summed E-state index contributed by atoms with van der Waals surface area (Å²) in [6.07, 6.45) is 4.51. The summed E-state index contributed by atoms with van der Waals surface area (Å²) in [5.74, 6) is 1.98. The van der Waals surface area contributed by atoms with E-state index >= 15 is 0 Å². The maximum atomic E-state index is 5.94. The van der Waals surface area contributed by atoms with Gasteiger partial charge in [0.25, 0.3) is 0 Å². The van der Waals surface area contributed by atoms with Crippen LogP contribution in [-0.2, 0) is 13.0 Å². The molecule has 3 rings (SSSR count). The van der Waals surface area contributed by atoms with Gasteiger partial charge >= 0.3 is 0 Å². The molecule has 0 spiro atoms. The van der Waals surface area contributed by atoms with Gasteiger partial charge in [0.2, 0.25) is 0 Å². The average Bonchev–Trinajstić information content (AvgIpc) is 2.83. The maximum absolute atomic E-state index is 5.94. The number of thiophene rings is 1. The molecule has 1 atom stereocenters. The molecule has 16 heavy (non-hydrogen) atoms. The van der Waals surface area contributed by atoms with E-state index in [4.69, 9.17) is 16.6 Å². The van der Waals surface area contributed by atoms with E-state index in [-0.39, 0.29) is 0 Å². The Kier molecular flexibility index (Phi) is 2.52. The Morgan fingerprint density at radius 3 is 3.12 bits per heavy atom. The summed E-state index contributed by atoms with van der Waals surface area (Å²) in [4.78, 5) is 5.87. The Morgan fingerprint density at radius 1 is 1.50 bits per heavy atom. The predicted octanol–water partition coefficient (Wildman–Crippen LogP) is 3.85. The van der Waals surface area contributed by atoms with Crippen LogP contribution in [0.2, 0.25) is 4.34 Å². The van der Waals surface area contributed by atoms with Crippen molar-refractivity contribution in [1.82, 2.24) is 9.55 Å². The first kappa shape index (κ1) is 10.4. The quantitative estimate of drug-likeness (QED) is 0.754. The number of aromatic nitrogens is 2. The van der Waals surface area contributed by atoms with Crippen molar-refractivity contribution in [2.45, 2.75) is 26.3 Å². The summed E-state index contributed by atoms with van der Waals surface area (Å²) >= 11 is 7.54. The Morgan fingerprint density at radius 2 is 2.38 bits per heavy atom. The second kappa shape index (κ2) is 3.90. The fraction of sp³-hybridized carbons (Fsp3) is 0.417. The molecule has 3 heterocycles. The number of rotatable bonds is 1. The van der Waals surface area contributed by atoms with Crippen LogP contribution in [0.25, 0.3) is 10.6 Å². The molecule has 2 aromatic heterocycles. The summed E-state index contributed by atoms with van der Waals surface area (Å²) in [7, 11) is 0. The van der Waals surface area contributed by atoms with Crippen molar-refractivity contribution < 1.29 is 0 Å². The van der Waals surface area contributed by atoms with E-state index in [0.29, 0.717) is 0 Å². The molecule has 0 aromatic carbocycles. The Labute approximate surface area is 104 Å². The lowest BCUT2D eigenvalue weighted by molar-refractivity contribution is 0.409. The van der Waals surface area contributed by atoms with Crippen LogP contribution >= 0.6 is 22.9 Å². The van der Waals surface area contributed by atoms with Crippen LogP contribution in [0.1, 0.15) is 19.2 Å². The molecule has 0 fully saturated rings. The molecule has 1 aliphatic rings. The van der Waals surface area contributed by atoms with Gasteiger partial charge in [0.1, 0.15) is 5.82 Å². The number of aryl methyl sites for hydroxylation is 1. The second-order valence-electron chi connectivity index (χ2n) is 4.44. The summed E-state index contributed by atoms with van der Waals surface area (Å²) in [6, 6.07) is 3.98. The summed E-state index contributed by atoms with van der Waals surface area (Å²) < 4.78 is 3.11. The molecule has 2 nitrogen and oxygen atoms in total. The highest BCUT2D eigenvalue weighted by atomic mass is 35.5. The van der Waals surface area contributed by atoms with Gasteiger partial charge in [-0.2, -0.15) is 0 Å². The molecule has 0 aliphatic carbocycles. The number of hydrogen-bond acceptors (Lipinski definition) is 2. The third kappa shape index (κ3) is 1.78. The lowest BCUT2D eigenvalue weighted by atomic mass is 10.0. The normalized spacial score (nSPS) is 19.8. The SMILES string of the molecule is CC1CCn2cc(-c3ccc(Cl)s3)nc2C1. The lowest BCUT2D eigenvalue weighted by Gasteiger charge is -2.18. The van der Waals surface area contributed by atoms with Crippen LogP contribution in [0.15, 0.2) is 18.3 Å². The van der Waals surface area contributed by atoms with Gasteiger partial charge in [-0.1, -0.05) is 18.5 Å². The molecule has 0 saturated carbocycles. The second-order valence-corrected chi connectivity index (χ2v) is 6.15. The molecule has 84 valence electrons. The van der Waals surface area contributed by atoms with Crippen molar-refractivity contribution in [2.75, 3.05) is 0 Å². The van der Waals surface area contributed by atoms with E-state index in [1.807, 2.05) is 12.1 Å². The molecule has 0 amide bonds. The van der Waals surface area contributed by atoms with Crippen molar-refractivity contribution in [3.8, 4) is 10.6 Å². The van der Waals surface area contributed by atoms with Crippen LogP contribution < -0.4 is 0 Å². The van der Waals surface area contributed by atoms with Crippen LogP contribution in [0.5, 0.6) is 0 Å². The summed E-state index contributed by atoms with van der Waals surface area (Å²) in [5.41, 5.74) is 1.07. The van der Waals surface area contributed by atoms with Crippen molar-refractivity contribution in [3.05, 3.63) is 28.5 Å². The summed E-state index contributed by atoms with van der Waals surface area (Å²) in [6.45, 7) is 3.39. The number of halogens is 1. The predicted molar refractivity (Wildman–Crippen MR) is 68.0 cm³/mol. The summed E-state index contributed by atoms with van der Waals surface area (Å²) in [5, 5.41) is 0. The maximum Gasteiger partial charge on any atom is 0.109 e. The molecule has 0 N–H and O–H groups in total. The minimum atomic E-state index is 0.759. The van der Waals surface area contributed by atoms with E-state index in [1.54, 1.807) is 11.3 Å². The highest BCUT2D eigenvalue weighted by molar-refractivity contribution is 7.19. The van der Waals surface area contributed by atoms with Gasteiger partial charge in [0.15, 0.2) is 0 Å². The Hall–Kier alpha value is -0.800. The molecule has 0 saturated heterocycles. The van der Waals surface area contributed by atoms with E-state index < -0.39 is 0 Å². The number of imidazole rings is 1. The van der Waals surface area contributed by atoms with Crippen LogP contribution in [0.4, 0.5) is 0 Å².